The Morgan fingerprint density at radius 2 is 2.21 bits per heavy atom. The fourth-order valence-electron chi connectivity index (χ4n) is 1.84. The number of aromatic nitrogens is 2. The van der Waals surface area contributed by atoms with Crippen molar-refractivity contribution in [2.75, 3.05) is 6.79 Å². The minimum absolute atomic E-state index is 0.0813. The van der Waals surface area contributed by atoms with Crippen molar-refractivity contribution in [3.63, 3.8) is 0 Å². The van der Waals surface area contributed by atoms with Crippen molar-refractivity contribution in [3.8, 4) is 11.5 Å². The van der Waals surface area contributed by atoms with Gasteiger partial charge in [0, 0.05) is 24.4 Å². The Balaban J connectivity index is 1.79. The van der Waals surface area contributed by atoms with Crippen molar-refractivity contribution in [2.24, 2.45) is 7.05 Å². The van der Waals surface area contributed by atoms with E-state index in [1.54, 1.807) is 35.2 Å². The molecule has 0 bridgehead atoms. The van der Waals surface area contributed by atoms with E-state index in [0.29, 0.717) is 17.1 Å². The van der Waals surface area contributed by atoms with E-state index < -0.39 is 0 Å². The maximum Gasteiger partial charge on any atom is 0.231 e. The number of benzene rings is 1. The summed E-state index contributed by atoms with van der Waals surface area (Å²) in [7, 11) is 1.83. The third-order valence-corrected chi connectivity index (χ3v) is 2.81. The Bertz CT molecular complexity index is 658. The van der Waals surface area contributed by atoms with E-state index in [0.717, 1.165) is 5.56 Å². The molecular weight excluding hydrogens is 244 g/mol. The molecule has 0 atom stereocenters. The number of ether oxygens (including phenoxy) is 2. The molecule has 2 aromatic rings. The minimum atomic E-state index is -0.0813. The first kappa shape index (κ1) is 11.5. The van der Waals surface area contributed by atoms with E-state index >= 15 is 0 Å². The van der Waals surface area contributed by atoms with Gasteiger partial charge in [-0.2, -0.15) is 5.10 Å². The smallest absolute Gasteiger partial charge is 0.231 e. The van der Waals surface area contributed by atoms with E-state index in [1.165, 1.54) is 6.08 Å². The minimum Gasteiger partial charge on any atom is -0.454 e. The first-order valence-electron chi connectivity index (χ1n) is 5.83. The Labute approximate surface area is 110 Å². The Hall–Kier alpha value is -2.56. The van der Waals surface area contributed by atoms with Gasteiger partial charge in [-0.15, -0.1) is 0 Å². The molecule has 0 radical (unpaired) electrons. The summed E-state index contributed by atoms with van der Waals surface area (Å²) in [6.07, 6.45) is 6.79. The van der Waals surface area contributed by atoms with Gasteiger partial charge in [-0.25, -0.2) is 0 Å². The number of aryl methyl sites for hydroxylation is 1. The largest absolute Gasteiger partial charge is 0.454 e. The summed E-state index contributed by atoms with van der Waals surface area (Å²) in [4.78, 5) is 12.0. The van der Waals surface area contributed by atoms with Crippen molar-refractivity contribution in [2.45, 2.75) is 0 Å². The van der Waals surface area contributed by atoms with E-state index in [-0.39, 0.29) is 12.6 Å². The highest BCUT2D eigenvalue weighted by atomic mass is 16.7. The standard InChI is InChI=1S/C14H12N2O3/c1-16-8-10(7-15-16)2-4-12(17)11-3-5-13-14(6-11)19-9-18-13/h2-8H,9H2,1H3. The molecule has 1 aromatic carbocycles. The van der Waals surface area contributed by atoms with Crippen LogP contribution in [0.25, 0.3) is 6.08 Å². The number of fused-ring (bicyclic) bond motifs is 1. The van der Waals surface area contributed by atoms with Crippen LogP contribution in [0, 0.1) is 0 Å². The molecule has 0 saturated heterocycles. The average molecular weight is 256 g/mol. The van der Waals surface area contributed by atoms with Gasteiger partial charge in [0.15, 0.2) is 17.3 Å². The van der Waals surface area contributed by atoms with E-state index in [2.05, 4.69) is 5.10 Å². The third-order valence-electron chi connectivity index (χ3n) is 2.81. The number of nitrogens with zero attached hydrogens (tertiary/aromatic N) is 2. The molecule has 1 aliphatic rings. The maximum absolute atomic E-state index is 12.0. The number of hydrogen-bond acceptors (Lipinski definition) is 4. The van der Waals surface area contributed by atoms with Gasteiger partial charge in [-0.3, -0.25) is 9.48 Å². The molecule has 19 heavy (non-hydrogen) atoms. The van der Waals surface area contributed by atoms with Gasteiger partial charge in [0.1, 0.15) is 0 Å². The summed E-state index contributed by atoms with van der Waals surface area (Å²) in [5, 5.41) is 4.03. The van der Waals surface area contributed by atoms with Crippen LogP contribution in [0.3, 0.4) is 0 Å². The van der Waals surface area contributed by atoms with E-state index in [4.69, 9.17) is 9.47 Å². The average Bonchev–Trinajstić information content (AvgIpc) is 3.03. The molecule has 0 amide bonds. The van der Waals surface area contributed by atoms with Crippen LogP contribution in [0.5, 0.6) is 11.5 Å². The number of allylic oxidation sites excluding steroid dienone is 1. The third kappa shape index (κ3) is 2.35. The number of ketones is 1. The fraction of sp³-hybridized carbons (Fsp3) is 0.143. The highest BCUT2D eigenvalue weighted by Crippen LogP contribution is 2.32. The fourth-order valence-corrected chi connectivity index (χ4v) is 1.84. The Morgan fingerprint density at radius 1 is 1.37 bits per heavy atom. The lowest BCUT2D eigenvalue weighted by atomic mass is 10.1. The van der Waals surface area contributed by atoms with Crippen molar-refractivity contribution in [1.82, 2.24) is 9.78 Å². The monoisotopic (exact) mass is 256 g/mol. The zero-order chi connectivity index (χ0) is 13.2. The molecule has 5 nitrogen and oxygen atoms in total. The summed E-state index contributed by atoms with van der Waals surface area (Å²) in [5.74, 6) is 1.20. The Kier molecular flexibility index (Phi) is 2.79. The first-order chi connectivity index (χ1) is 9.22. The SMILES string of the molecule is Cn1cc(C=CC(=O)c2ccc3c(c2)OCO3)cn1. The van der Waals surface area contributed by atoms with Crippen LogP contribution in [-0.4, -0.2) is 22.4 Å². The quantitative estimate of drug-likeness (QED) is 0.623. The van der Waals surface area contributed by atoms with Gasteiger partial charge in [0.2, 0.25) is 6.79 Å². The second-order valence-electron chi connectivity index (χ2n) is 4.21. The van der Waals surface area contributed by atoms with Crippen LogP contribution >= 0.6 is 0 Å². The highest BCUT2D eigenvalue weighted by Gasteiger charge is 2.14. The summed E-state index contributed by atoms with van der Waals surface area (Å²) < 4.78 is 12.1. The summed E-state index contributed by atoms with van der Waals surface area (Å²) in [6, 6.07) is 5.16. The molecule has 1 aliphatic heterocycles. The molecule has 3 rings (SSSR count). The van der Waals surface area contributed by atoms with Crippen LogP contribution in [0.2, 0.25) is 0 Å². The van der Waals surface area contributed by atoms with Gasteiger partial charge < -0.3 is 9.47 Å². The van der Waals surface area contributed by atoms with Gasteiger partial charge in [0.05, 0.1) is 6.20 Å². The number of carbonyl (C=O) groups excluding carboxylic acids is 1. The van der Waals surface area contributed by atoms with Crippen LogP contribution in [0.1, 0.15) is 15.9 Å². The molecular formula is C14H12N2O3. The van der Waals surface area contributed by atoms with Crippen molar-refractivity contribution in [3.05, 3.63) is 47.8 Å². The second kappa shape index (κ2) is 4.61. The molecule has 0 unspecified atom stereocenters. The lowest BCUT2D eigenvalue weighted by molar-refractivity contribution is 0.104. The lowest BCUT2D eigenvalue weighted by Crippen LogP contribution is -1.94. The molecule has 96 valence electrons. The van der Waals surface area contributed by atoms with Gasteiger partial charge >= 0.3 is 0 Å². The van der Waals surface area contributed by atoms with Crippen LogP contribution in [-0.2, 0) is 7.05 Å². The highest BCUT2D eigenvalue weighted by molar-refractivity contribution is 6.07. The summed E-state index contributed by atoms with van der Waals surface area (Å²) >= 11 is 0. The predicted octanol–water partition coefficient (Wildman–Crippen LogP) is 2.04. The molecule has 1 aromatic heterocycles. The van der Waals surface area contributed by atoms with Crippen LogP contribution < -0.4 is 9.47 Å². The zero-order valence-electron chi connectivity index (χ0n) is 10.4. The van der Waals surface area contributed by atoms with E-state index in [1.807, 2.05) is 13.2 Å². The van der Waals surface area contributed by atoms with Gasteiger partial charge in [-0.05, 0) is 30.4 Å². The summed E-state index contributed by atoms with van der Waals surface area (Å²) in [5.41, 5.74) is 1.46. The summed E-state index contributed by atoms with van der Waals surface area (Å²) in [6.45, 7) is 0.207. The molecule has 2 heterocycles. The molecule has 5 heteroatoms. The first-order valence-corrected chi connectivity index (χ1v) is 5.83. The zero-order valence-corrected chi connectivity index (χ0v) is 10.4. The number of hydrogen-bond donors (Lipinski definition) is 0. The van der Waals surface area contributed by atoms with Crippen LogP contribution in [0.4, 0.5) is 0 Å². The van der Waals surface area contributed by atoms with E-state index in [9.17, 15) is 4.79 Å². The molecule has 0 saturated carbocycles. The molecule has 0 N–H and O–H groups in total. The predicted molar refractivity (Wildman–Crippen MR) is 69.1 cm³/mol. The topological polar surface area (TPSA) is 53.4 Å². The normalized spacial score (nSPS) is 13.1. The van der Waals surface area contributed by atoms with Gasteiger partial charge in [0.25, 0.3) is 0 Å². The number of carbonyl (C=O) groups is 1. The van der Waals surface area contributed by atoms with Crippen molar-refractivity contribution in [1.29, 1.82) is 0 Å². The number of rotatable bonds is 3. The molecule has 0 fully saturated rings. The van der Waals surface area contributed by atoms with Crippen molar-refractivity contribution >= 4 is 11.9 Å². The lowest BCUT2D eigenvalue weighted by Gasteiger charge is -1.98. The Morgan fingerprint density at radius 3 is 3.00 bits per heavy atom. The second-order valence-corrected chi connectivity index (χ2v) is 4.21. The maximum atomic E-state index is 12.0. The van der Waals surface area contributed by atoms with Gasteiger partial charge in [-0.1, -0.05) is 0 Å². The molecule has 0 spiro atoms. The van der Waals surface area contributed by atoms with Crippen molar-refractivity contribution < 1.29 is 14.3 Å². The van der Waals surface area contributed by atoms with Crippen LogP contribution in [0.15, 0.2) is 36.7 Å². The molecule has 0 aliphatic carbocycles.